The zero-order chi connectivity index (χ0) is 15.8. The van der Waals surface area contributed by atoms with E-state index in [-0.39, 0.29) is 5.78 Å². The molecule has 3 nitrogen and oxygen atoms in total. The van der Waals surface area contributed by atoms with Gasteiger partial charge in [-0.2, -0.15) is 0 Å². The molecule has 1 aliphatic rings. The van der Waals surface area contributed by atoms with Gasteiger partial charge in [-0.3, -0.25) is 4.79 Å². The quantitative estimate of drug-likeness (QED) is 0.650. The molecule has 1 atom stereocenters. The summed E-state index contributed by atoms with van der Waals surface area (Å²) in [6, 6.07) is 16.8. The molecule has 0 saturated carbocycles. The lowest BCUT2D eigenvalue weighted by atomic mass is 9.92. The summed E-state index contributed by atoms with van der Waals surface area (Å²) in [5.41, 5.74) is 0.543. The smallest absolute Gasteiger partial charge is 0.210 e. The molecular formula is C17H16ClNO2S. The van der Waals surface area contributed by atoms with Crippen molar-refractivity contribution in [2.24, 2.45) is 0 Å². The van der Waals surface area contributed by atoms with Gasteiger partial charge in [-0.25, -0.2) is 0 Å². The Hall–Kier alpha value is -1.65. The van der Waals surface area contributed by atoms with Gasteiger partial charge in [0.25, 0.3) is 0 Å². The van der Waals surface area contributed by atoms with Crippen molar-refractivity contribution in [2.75, 3.05) is 4.72 Å². The van der Waals surface area contributed by atoms with Gasteiger partial charge in [0.1, 0.15) is 11.4 Å². The number of carbonyl (C=O) groups is 1. The number of hydrogen-bond acceptors (Lipinski definition) is 4. The molecule has 0 spiro atoms. The van der Waals surface area contributed by atoms with E-state index < -0.39 is 9.81 Å². The maximum absolute atomic E-state index is 12.9. The second kappa shape index (κ2) is 5.52. The number of halogens is 1. The number of fused-ring (bicyclic) bond motifs is 1. The van der Waals surface area contributed by atoms with Gasteiger partial charge in [-0.1, -0.05) is 41.9 Å². The number of nitrogens with one attached hydrogen (secondary N) is 1. The number of ketones is 1. The number of alkyl halides is 1. The lowest BCUT2D eigenvalue weighted by Gasteiger charge is -2.43. The van der Waals surface area contributed by atoms with Crippen molar-refractivity contribution < 1.29 is 9.53 Å². The van der Waals surface area contributed by atoms with E-state index in [4.69, 9.17) is 16.3 Å². The van der Waals surface area contributed by atoms with Crippen molar-refractivity contribution in [1.29, 1.82) is 0 Å². The topological polar surface area (TPSA) is 38.3 Å². The first-order valence-corrected chi connectivity index (χ1v) is 8.14. The number of para-hydroxylation sites is 2. The van der Waals surface area contributed by atoms with Crippen LogP contribution in [0.2, 0.25) is 0 Å². The summed E-state index contributed by atoms with van der Waals surface area (Å²) in [5.74, 6) is 0.434. The summed E-state index contributed by atoms with van der Waals surface area (Å²) in [5, 5.41) is 0. The summed E-state index contributed by atoms with van der Waals surface area (Å²) in [6.07, 6.45) is 0. The molecule has 5 heteroatoms. The van der Waals surface area contributed by atoms with E-state index in [9.17, 15) is 4.79 Å². The van der Waals surface area contributed by atoms with Crippen molar-refractivity contribution in [3.63, 3.8) is 0 Å². The second-order valence-electron chi connectivity index (χ2n) is 5.60. The molecule has 1 N–H and O–H groups in total. The average molecular weight is 334 g/mol. The van der Waals surface area contributed by atoms with E-state index in [0.717, 1.165) is 5.69 Å². The summed E-state index contributed by atoms with van der Waals surface area (Å²) in [4.78, 5) is 12.9. The number of rotatable bonds is 3. The van der Waals surface area contributed by atoms with Crippen LogP contribution >= 0.6 is 23.5 Å². The van der Waals surface area contributed by atoms with Crippen LogP contribution in [0.25, 0.3) is 0 Å². The third kappa shape index (κ3) is 2.46. The number of carbonyl (C=O) groups excluding carboxylic acids is 1. The molecule has 114 valence electrons. The number of hydrogen-bond donors (Lipinski definition) is 1. The normalized spacial score (nSPS) is 22.6. The average Bonchev–Trinajstić information content (AvgIpc) is 2.52. The number of ether oxygens (including phenoxy) is 1. The molecular weight excluding hydrogens is 318 g/mol. The first kappa shape index (κ1) is 15.3. The highest BCUT2D eigenvalue weighted by Crippen LogP contribution is 2.49. The summed E-state index contributed by atoms with van der Waals surface area (Å²) < 4.78 is 7.88. The Labute approximate surface area is 139 Å². The summed E-state index contributed by atoms with van der Waals surface area (Å²) in [7, 11) is 0. The molecule has 1 heterocycles. The van der Waals surface area contributed by atoms with Gasteiger partial charge in [0, 0.05) is 5.69 Å². The van der Waals surface area contributed by atoms with Crippen LogP contribution in [0.1, 0.15) is 24.2 Å². The van der Waals surface area contributed by atoms with Crippen LogP contribution in [-0.4, -0.2) is 15.6 Å². The minimum Gasteiger partial charge on any atom is -0.484 e. The minimum atomic E-state index is -1.25. The van der Waals surface area contributed by atoms with Gasteiger partial charge in [-0.15, -0.1) is 0 Å². The SMILES string of the molecule is CC1(C)Oc2ccccc2C(=O)[C@]1(Cl)SNc1ccccc1. The van der Waals surface area contributed by atoms with Crippen LogP contribution in [0.4, 0.5) is 5.69 Å². The molecule has 22 heavy (non-hydrogen) atoms. The molecule has 0 unspecified atom stereocenters. The van der Waals surface area contributed by atoms with Gasteiger partial charge < -0.3 is 9.46 Å². The maximum atomic E-state index is 12.9. The predicted molar refractivity (Wildman–Crippen MR) is 91.7 cm³/mol. The number of anilines is 1. The Kier molecular flexibility index (Phi) is 3.83. The Morgan fingerprint density at radius 2 is 1.68 bits per heavy atom. The molecule has 2 aromatic carbocycles. The standard InChI is InChI=1S/C17H16ClNO2S/c1-16(2)17(18,22-19-12-8-4-3-5-9-12)15(20)13-10-6-7-11-14(13)21-16/h3-11,19H,1-2H3/t17-/m0/s1. The molecule has 0 radical (unpaired) electrons. The van der Waals surface area contributed by atoms with E-state index in [1.807, 2.05) is 56.3 Å². The monoisotopic (exact) mass is 333 g/mol. The highest BCUT2D eigenvalue weighted by molar-refractivity contribution is 8.04. The Balaban J connectivity index is 1.92. The van der Waals surface area contributed by atoms with Crippen LogP contribution in [0, 0.1) is 0 Å². The molecule has 2 aromatic rings. The van der Waals surface area contributed by atoms with E-state index in [0.29, 0.717) is 11.3 Å². The highest BCUT2D eigenvalue weighted by Gasteiger charge is 2.57. The Morgan fingerprint density at radius 1 is 1.05 bits per heavy atom. The zero-order valence-electron chi connectivity index (χ0n) is 12.3. The number of Topliss-reactive ketones (excluding diaryl/α,β-unsaturated/α-hetero) is 1. The lowest BCUT2D eigenvalue weighted by Crippen LogP contribution is -2.56. The number of benzene rings is 2. The zero-order valence-corrected chi connectivity index (χ0v) is 13.9. The van der Waals surface area contributed by atoms with Crippen LogP contribution < -0.4 is 9.46 Å². The lowest BCUT2D eigenvalue weighted by molar-refractivity contribution is 0.0579. The van der Waals surface area contributed by atoms with Crippen molar-refractivity contribution in [3.8, 4) is 5.75 Å². The van der Waals surface area contributed by atoms with E-state index in [1.54, 1.807) is 12.1 Å². The van der Waals surface area contributed by atoms with Crippen LogP contribution in [-0.2, 0) is 0 Å². The Bertz CT molecular complexity index is 705. The summed E-state index contributed by atoms with van der Waals surface area (Å²) >= 11 is 7.89. The molecule has 0 aliphatic carbocycles. The van der Waals surface area contributed by atoms with Crippen molar-refractivity contribution in [1.82, 2.24) is 0 Å². The van der Waals surface area contributed by atoms with E-state index in [2.05, 4.69) is 4.72 Å². The van der Waals surface area contributed by atoms with Crippen molar-refractivity contribution >= 4 is 35.0 Å². The third-order valence-electron chi connectivity index (χ3n) is 3.65. The molecule has 0 aromatic heterocycles. The first-order chi connectivity index (χ1) is 10.4. The minimum absolute atomic E-state index is 0.144. The van der Waals surface area contributed by atoms with Gasteiger partial charge in [0.05, 0.1) is 5.56 Å². The van der Waals surface area contributed by atoms with Gasteiger partial charge in [0.15, 0.2) is 0 Å². The molecule has 1 aliphatic heterocycles. The fourth-order valence-corrected chi connectivity index (χ4v) is 3.48. The van der Waals surface area contributed by atoms with Crippen molar-refractivity contribution in [3.05, 3.63) is 60.2 Å². The first-order valence-electron chi connectivity index (χ1n) is 6.95. The molecule has 0 fully saturated rings. The molecule has 3 rings (SSSR count). The van der Waals surface area contributed by atoms with Crippen LogP contribution in [0.5, 0.6) is 5.75 Å². The van der Waals surface area contributed by atoms with E-state index in [1.165, 1.54) is 11.9 Å². The molecule has 0 saturated heterocycles. The van der Waals surface area contributed by atoms with Gasteiger partial charge >= 0.3 is 0 Å². The van der Waals surface area contributed by atoms with Gasteiger partial charge in [0.2, 0.25) is 9.99 Å². The predicted octanol–water partition coefficient (Wildman–Crippen LogP) is 4.74. The van der Waals surface area contributed by atoms with Gasteiger partial charge in [-0.05, 0) is 50.1 Å². The molecule has 0 bridgehead atoms. The largest absolute Gasteiger partial charge is 0.484 e. The second-order valence-corrected chi connectivity index (χ2v) is 7.41. The highest BCUT2D eigenvalue weighted by atomic mass is 35.5. The maximum Gasteiger partial charge on any atom is 0.210 e. The van der Waals surface area contributed by atoms with E-state index >= 15 is 0 Å². The molecule has 0 amide bonds. The van der Waals surface area contributed by atoms with Crippen LogP contribution in [0.3, 0.4) is 0 Å². The fourth-order valence-electron chi connectivity index (χ4n) is 2.34. The van der Waals surface area contributed by atoms with Crippen molar-refractivity contribution in [2.45, 2.75) is 23.7 Å². The third-order valence-corrected chi connectivity index (χ3v) is 5.80. The Morgan fingerprint density at radius 3 is 2.41 bits per heavy atom. The summed E-state index contributed by atoms with van der Waals surface area (Å²) in [6.45, 7) is 3.65. The van der Waals surface area contributed by atoms with Crippen LogP contribution in [0.15, 0.2) is 54.6 Å². The fraction of sp³-hybridized carbons (Fsp3) is 0.235.